The summed E-state index contributed by atoms with van der Waals surface area (Å²) in [5, 5.41) is 7.07. The van der Waals surface area contributed by atoms with Gasteiger partial charge in [0.2, 0.25) is 0 Å². The molecule has 25 heavy (non-hydrogen) atoms. The highest BCUT2D eigenvalue weighted by Gasteiger charge is 2.03. The second-order valence-corrected chi connectivity index (χ2v) is 5.56. The van der Waals surface area contributed by atoms with E-state index in [0.717, 1.165) is 36.8 Å². The van der Waals surface area contributed by atoms with E-state index in [4.69, 9.17) is 16.3 Å². The van der Waals surface area contributed by atoms with Crippen LogP contribution in [0.15, 0.2) is 47.6 Å². The highest BCUT2D eigenvalue weighted by molar-refractivity contribution is 14.0. The number of ether oxygens (including phenoxy) is 1. The van der Waals surface area contributed by atoms with Gasteiger partial charge in [0.05, 0.1) is 13.7 Å². The van der Waals surface area contributed by atoms with Crippen LogP contribution in [-0.4, -0.2) is 31.1 Å². The van der Waals surface area contributed by atoms with Crippen LogP contribution in [0, 0.1) is 0 Å². The molecule has 0 aliphatic rings. The first-order chi connectivity index (χ1) is 11.7. The Bertz CT molecular complexity index is 664. The summed E-state index contributed by atoms with van der Waals surface area (Å²) in [5.74, 6) is 1.69. The molecule has 0 amide bonds. The Morgan fingerprint density at radius 3 is 2.68 bits per heavy atom. The third-order valence-corrected chi connectivity index (χ3v) is 3.66. The van der Waals surface area contributed by atoms with Gasteiger partial charge in [0.1, 0.15) is 10.9 Å². The Labute approximate surface area is 171 Å². The number of halogens is 2. The van der Waals surface area contributed by atoms with Crippen molar-refractivity contribution in [3.63, 3.8) is 0 Å². The number of methoxy groups -OCH3 is 1. The minimum absolute atomic E-state index is 0. The summed E-state index contributed by atoms with van der Waals surface area (Å²) >= 11 is 5.79. The molecule has 0 unspecified atom stereocenters. The van der Waals surface area contributed by atoms with Gasteiger partial charge < -0.3 is 15.4 Å². The van der Waals surface area contributed by atoms with Crippen molar-refractivity contribution in [2.45, 2.75) is 19.9 Å². The van der Waals surface area contributed by atoms with Gasteiger partial charge in [0, 0.05) is 19.3 Å². The van der Waals surface area contributed by atoms with Gasteiger partial charge in [-0.2, -0.15) is 0 Å². The fourth-order valence-corrected chi connectivity index (χ4v) is 2.35. The summed E-state index contributed by atoms with van der Waals surface area (Å²) in [6.07, 6.45) is 2.60. The highest BCUT2D eigenvalue weighted by atomic mass is 127. The monoisotopic (exact) mass is 474 g/mol. The van der Waals surface area contributed by atoms with Crippen molar-refractivity contribution in [3.05, 3.63) is 58.9 Å². The standard InChI is InChI=1S/C18H23ClN4O.HI/c1-3-20-18(23-13-14-8-9-17(19)22-12-14)21-11-10-15-6-4-5-7-16(15)24-2;/h4-9,12H,3,10-11,13H2,1-2H3,(H2,20,21,23);1H. The van der Waals surface area contributed by atoms with Crippen molar-refractivity contribution in [2.75, 3.05) is 20.2 Å². The number of nitrogens with one attached hydrogen (secondary N) is 2. The second-order valence-electron chi connectivity index (χ2n) is 5.17. The number of hydrogen-bond acceptors (Lipinski definition) is 3. The maximum atomic E-state index is 5.79. The third kappa shape index (κ3) is 7.48. The molecule has 2 rings (SSSR count). The molecule has 0 aliphatic carbocycles. The SMILES string of the molecule is CCNC(=NCc1ccc(Cl)nc1)NCCc1ccccc1OC.I. The average molecular weight is 475 g/mol. The lowest BCUT2D eigenvalue weighted by atomic mass is 10.1. The molecule has 0 saturated heterocycles. The van der Waals surface area contributed by atoms with Crippen molar-refractivity contribution < 1.29 is 4.74 Å². The van der Waals surface area contributed by atoms with E-state index in [0.29, 0.717) is 11.7 Å². The number of guanidine groups is 1. The predicted molar refractivity (Wildman–Crippen MR) is 114 cm³/mol. The van der Waals surface area contributed by atoms with Gasteiger partial charge in [-0.05, 0) is 36.6 Å². The zero-order valence-electron chi connectivity index (χ0n) is 14.5. The number of pyridine rings is 1. The molecule has 0 spiro atoms. The number of hydrogen-bond donors (Lipinski definition) is 2. The van der Waals surface area contributed by atoms with Crippen molar-refractivity contribution in [1.29, 1.82) is 0 Å². The molecule has 0 atom stereocenters. The lowest BCUT2D eigenvalue weighted by Gasteiger charge is -2.12. The number of benzene rings is 1. The molecule has 5 nitrogen and oxygen atoms in total. The first kappa shape index (κ1) is 21.5. The molecular formula is C18H24ClIN4O. The van der Waals surface area contributed by atoms with Crippen LogP contribution in [0.25, 0.3) is 0 Å². The molecule has 2 N–H and O–H groups in total. The van der Waals surface area contributed by atoms with Crippen LogP contribution in [0.1, 0.15) is 18.1 Å². The Morgan fingerprint density at radius 2 is 2.00 bits per heavy atom. The lowest BCUT2D eigenvalue weighted by Crippen LogP contribution is -2.38. The fraction of sp³-hybridized carbons (Fsp3) is 0.333. The molecular weight excluding hydrogens is 451 g/mol. The minimum atomic E-state index is 0. The van der Waals surface area contributed by atoms with Gasteiger partial charge in [0.15, 0.2) is 5.96 Å². The molecule has 1 aromatic heterocycles. The first-order valence-corrected chi connectivity index (χ1v) is 8.35. The summed E-state index contributed by atoms with van der Waals surface area (Å²) < 4.78 is 5.37. The van der Waals surface area contributed by atoms with E-state index in [1.165, 1.54) is 5.56 Å². The lowest BCUT2D eigenvalue weighted by molar-refractivity contribution is 0.409. The summed E-state index contributed by atoms with van der Waals surface area (Å²) in [6.45, 7) is 4.17. The highest BCUT2D eigenvalue weighted by Crippen LogP contribution is 2.17. The molecule has 136 valence electrons. The van der Waals surface area contributed by atoms with Gasteiger partial charge in [0.25, 0.3) is 0 Å². The topological polar surface area (TPSA) is 58.5 Å². The van der Waals surface area contributed by atoms with E-state index in [1.807, 2.05) is 31.2 Å². The largest absolute Gasteiger partial charge is 0.496 e. The van der Waals surface area contributed by atoms with Crippen LogP contribution in [0.3, 0.4) is 0 Å². The Balaban J connectivity index is 0.00000312. The number of para-hydroxylation sites is 1. The summed E-state index contributed by atoms with van der Waals surface area (Å²) in [6, 6.07) is 11.7. The average Bonchev–Trinajstić information content (AvgIpc) is 2.61. The molecule has 2 aromatic rings. The van der Waals surface area contributed by atoms with Crippen molar-refractivity contribution in [3.8, 4) is 5.75 Å². The predicted octanol–water partition coefficient (Wildman–Crippen LogP) is 3.66. The first-order valence-electron chi connectivity index (χ1n) is 7.97. The fourth-order valence-electron chi connectivity index (χ4n) is 2.24. The third-order valence-electron chi connectivity index (χ3n) is 3.43. The summed E-state index contributed by atoms with van der Waals surface area (Å²) in [4.78, 5) is 8.63. The van der Waals surface area contributed by atoms with Crippen LogP contribution in [0.4, 0.5) is 0 Å². The van der Waals surface area contributed by atoms with Gasteiger partial charge in [-0.1, -0.05) is 35.9 Å². The van der Waals surface area contributed by atoms with Crippen LogP contribution in [0.2, 0.25) is 5.15 Å². The van der Waals surface area contributed by atoms with Crippen molar-refractivity contribution >= 4 is 41.5 Å². The molecule has 7 heteroatoms. The molecule has 0 fully saturated rings. The van der Waals surface area contributed by atoms with E-state index in [-0.39, 0.29) is 24.0 Å². The zero-order valence-corrected chi connectivity index (χ0v) is 17.5. The number of rotatable bonds is 7. The van der Waals surface area contributed by atoms with E-state index < -0.39 is 0 Å². The Kier molecular flexibility index (Phi) is 10.3. The Morgan fingerprint density at radius 1 is 1.20 bits per heavy atom. The zero-order chi connectivity index (χ0) is 17.2. The van der Waals surface area contributed by atoms with Gasteiger partial charge in [-0.15, -0.1) is 24.0 Å². The Hall–Kier alpha value is -1.54. The van der Waals surface area contributed by atoms with E-state index >= 15 is 0 Å². The van der Waals surface area contributed by atoms with Gasteiger partial charge in [-0.3, -0.25) is 0 Å². The smallest absolute Gasteiger partial charge is 0.191 e. The van der Waals surface area contributed by atoms with E-state index in [1.54, 1.807) is 19.4 Å². The van der Waals surface area contributed by atoms with Crippen molar-refractivity contribution in [2.24, 2.45) is 4.99 Å². The summed E-state index contributed by atoms with van der Waals surface area (Å²) in [5.41, 5.74) is 2.19. The van der Waals surface area contributed by atoms with Crippen LogP contribution >= 0.6 is 35.6 Å². The summed E-state index contributed by atoms with van der Waals surface area (Å²) in [7, 11) is 1.69. The maximum absolute atomic E-state index is 5.79. The van der Waals surface area contributed by atoms with E-state index in [2.05, 4.69) is 26.7 Å². The maximum Gasteiger partial charge on any atom is 0.191 e. The molecule has 1 aromatic carbocycles. The minimum Gasteiger partial charge on any atom is -0.496 e. The van der Waals surface area contributed by atoms with Crippen LogP contribution in [0.5, 0.6) is 5.75 Å². The van der Waals surface area contributed by atoms with Crippen LogP contribution < -0.4 is 15.4 Å². The molecule has 0 radical (unpaired) electrons. The number of aliphatic imine (C=N–C) groups is 1. The van der Waals surface area contributed by atoms with Crippen LogP contribution in [-0.2, 0) is 13.0 Å². The number of aromatic nitrogens is 1. The molecule has 1 heterocycles. The molecule has 0 aliphatic heterocycles. The van der Waals surface area contributed by atoms with Crippen molar-refractivity contribution in [1.82, 2.24) is 15.6 Å². The van der Waals surface area contributed by atoms with Gasteiger partial charge >= 0.3 is 0 Å². The normalized spacial score (nSPS) is 10.8. The quantitative estimate of drug-likeness (QED) is 0.278. The van der Waals surface area contributed by atoms with Gasteiger partial charge in [-0.25, -0.2) is 9.98 Å². The molecule has 0 bridgehead atoms. The molecule has 0 saturated carbocycles. The van der Waals surface area contributed by atoms with E-state index in [9.17, 15) is 0 Å². The number of nitrogens with zero attached hydrogens (tertiary/aromatic N) is 2. The second kappa shape index (κ2) is 11.9.